The summed E-state index contributed by atoms with van der Waals surface area (Å²) in [6, 6.07) is 4.98. The first-order valence-corrected chi connectivity index (χ1v) is 6.44. The van der Waals surface area contributed by atoms with Crippen LogP contribution in [0.25, 0.3) is 0 Å². The second-order valence-corrected chi connectivity index (χ2v) is 4.62. The predicted octanol–water partition coefficient (Wildman–Crippen LogP) is 1.90. The Bertz CT molecular complexity index is 464. The third-order valence-corrected chi connectivity index (χ3v) is 2.86. The standard InChI is InChI=1S/C14H19F3N2O2/c1-19(13(20)9-18-6-7-21-2)10-11-4-3-5-12(8-11)14(15,16)17/h3-5,8,18H,6-7,9-10H2,1-2H3. The number of rotatable bonds is 7. The van der Waals surface area contributed by atoms with Crippen molar-refractivity contribution < 1.29 is 22.7 Å². The molecule has 0 aliphatic rings. The van der Waals surface area contributed by atoms with Gasteiger partial charge in [0.2, 0.25) is 5.91 Å². The van der Waals surface area contributed by atoms with Crippen molar-refractivity contribution in [1.82, 2.24) is 10.2 Å². The largest absolute Gasteiger partial charge is 0.416 e. The lowest BCUT2D eigenvalue weighted by Crippen LogP contribution is -2.36. The SMILES string of the molecule is COCCNCC(=O)N(C)Cc1cccc(C(F)(F)F)c1. The van der Waals surface area contributed by atoms with Gasteiger partial charge in [0, 0.05) is 27.2 Å². The fraction of sp³-hybridized carbons (Fsp3) is 0.500. The van der Waals surface area contributed by atoms with E-state index in [0.29, 0.717) is 18.7 Å². The maximum absolute atomic E-state index is 12.6. The molecule has 0 unspecified atom stereocenters. The molecule has 1 aromatic carbocycles. The minimum atomic E-state index is -4.37. The van der Waals surface area contributed by atoms with Crippen LogP contribution in [0, 0.1) is 0 Å². The van der Waals surface area contributed by atoms with Gasteiger partial charge < -0.3 is 15.0 Å². The van der Waals surface area contributed by atoms with E-state index < -0.39 is 11.7 Å². The average Bonchev–Trinajstić information content (AvgIpc) is 2.42. The highest BCUT2D eigenvalue weighted by molar-refractivity contribution is 5.77. The molecular weight excluding hydrogens is 285 g/mol. The fourth-order valence-corrected chi connectivity index (χ4v) is 1.71. The van der Waals surface area contributed by atoms with E-state index in [9.17, 15) is 18.0 Å². The summed E-state index contributed by atoms with van der Waals surface area (Å²) in [4.78, 5) is 13.2. The first-order valence-electron chi connectivity index (χ1n) is 6.44. The maximum Gasteiger partial charge on any atom is 0.416 e. The molecule has 0 spiro atoms. The number of benzene rings is 1. The molecule has 7 heteroatoms. The second kappa shape index (κ2) is 7.99. The van der Waals surface area contributed by atoms with Gasteiger partial charge >= 0.3 is 6.18 Å². The number of halogens is 3. The summed E-state index contributed by atoms with van der Waals surface area (Å²) in [6.45, 7) is 1.29. The third-order valence-electron chi connectivity index (χ3n) is 2.86. The predicted molar refractivity (Wildman–Crippen MR) is 72.7 cm³/mol. The van der Waals surface area contributed by atoms with Crippen molar-refractivity contribution >= 4 is 5.91 Å². The molecule has 1 N–H and O–H groups in total. The Balaban J connectivity index is 2.54. The normalized spacial score (nSPS) is 11.5. The van der Waals surface area contributed by atoms with Gasteiger partial charge in [0.15, 0.2) is 0 Å². The Hall–Kier alpha value is -1.60. The van der Waals surface area contributed by atoms with Crippen molar-refractivity contribution in [3.05, 3.63) is 35.4 Å². The van der Waals surface area contributed by atoms with Crippen molar-refractivity contribution in [2.75, 3.05) is 33.9 Å². The van der Waals surface area contributed by atoms with Crippen LogP contribution in [0.2, 0.25) is 0 Å². The number of carbonyl (C=O) groups is 1. The zero-order valence-corrected chi connectivity index (χ0v) is 12.0. The van der Waals surface area contributed by atoms with E-state index in [4.69, 9.17) is 4.74 Å². The third kappa shape index (κ3) is 6.14. The van der Waals surface area contributed by atoms with Crippen LogP contribution in [0.15, 0.2) is 24.3 Å². The van der Waals surface area contributed by atoms with Crippen molar-refractivity contribution in [1.29, 1.82) is 0 Å². The number of carbonyl (C=O) groups excluding carboxylic acids is 1. The molecule has 0 aromatic heterocycles. The molecule has 0 aliphatic heterocycles. The van der Waals surface area contributed by atoms with Gasteiger partial charge in [-0.2, -0.15) is 13.2 Å². The Kier molecular flexibility index (Phi) is 6.64. The quantitative estimate of drug-likeness (QED) is 0.782. The highest BCUT2D eigenvalue weighted by Crippen LogP contribution is 2.29. The summed E-state index contributed by atoms with van der Waals surface area (Å²) in [6.07, 6.45) is -4.37. The Labute approximate surface area is 121 Å². The van der Waals surface area contributed by atoms with Crippen LogP contribution in [0.1, 0.15) is 11.1 Å². The minimum absolute atomic E-state index is 0.124. The minimum Gasteiger partial charge on any atom is -0.383 e. The number of alkyl halides is 3. The number of hydrogen-bond acceptors (Lipinski definition) is 3. The number of hydrogen-bond donors (Lipinski definition) is 1. The molecule has 0 heterocycles. The van der Waals surface area contributed by atoms with E-state index in [1.165, 1.54) is 11.0 Å². The van der Waals surface area contributed by atoms with Gasteiger partial charge in [0.1, 0.15) is 0 Å². The Morgan fingerprint density at radius 3 is 2.71 bits per heavy atom. The van der Waals surface area contributed by atoms with E-state index >= 15 is 0 Å². The van der Waals surface area contributed by atoms with E-state index in [1.807, 2.05) is 0 Å². The number of amides is 1. The van der Waals surface area contributed by atoms with E-state index in [-0.39, 0.29) is 19.0 Å². The van der Waals surface area contributed by atoms with Gasteiger partial charge in [-0.15, -0.1) is 0 Å². The van der Waals surface area contributed by atoms with E-state index in [0.717, 1.165) is 12.1 Å². The smallest absolute Gasteiger partial charge is 0.383 e. The van der Waals surface area contributed by atoms with Crippen molar-refractivity contribution in [3.8, 4) is 0 Å². The fourth-order valence-electron chi connectivity index (χ4n) is 1.71. The van der Waals surface area contributed by atoms with Gasteiger partial charge in [0.25, 0.3) is 0 Å². The van der Waals surface area contributed by atoms with Crippen molar-refractivity contribution in [3.63, 3.8) is 0 Å². The molecule has 1 aromatic rings. The maximum atomic E-state index is 12.6. The highest BCUT2D eigenvalue weighted by atomic mass is 19.4. The molecule has 0 fully saturated rings. The van der Waals surface area contributed by atoms with Crippen LogP contribution in [0.3, 0.4) is 0 Å². The molecule has 1 amide bonds. The van der Waals surface area contributed by atoms with Crippen LogP contribution < -0.4 is 5.32 Å². The monoisotopic (exact) mass is 304 g/mol. The van der Waals surface area contributed by atoms with Gasteiger partial charge in [-0.05, 0) is 17.7 Å². The molecule has 0 aliphatic carbocycles. The topological polar surface area (TPSA) is 41.6 Å². The van der Waals surface area contributed by atoms with Crippen LogP contribution in [0.4, 0.5) is 13.2 Å². The number of likely N-dealkylation sites (N-methyl/N-ethyl adjacent to an activating group) is 1. The molecule has 0 atom stereocenters. The second-order valence-electron chi connectivity index (χ2n) is 4.62. The Morgan fingerprint density at radius 1 is 1.38 bits per heavy atom. The van der Waals surface area contributed by atoms with Crippen molar-refractivity contribution in [2.24, 2.45) is 0 Å². The first-order chi connectivity index (χ1) is 9.84. The Morgan fingerprint density at radius 2 is 2.10 bits per heavy atom. The van der Waals surface area contributed by atoms with Crippen LogP contribution >= 0.6 is 0 Å². The highest BCUT2D eigenvalue weighted by Gasteiger charge is 2.30. The van der Waals surface area contributed by atoms with E-state index in [2.05, 4.69) is 5.32 Å². The molecule has 1 rings (SSSR count). The van der Waals surface area contributed by atoms with Crippen LogP contribution in [-0.4, -0.2) is 44.7 Å². The lowest BCUT2D eigenvalue weighted by molar-refractivity contribution is -0.137. The summed E-state index contributed by atoms with van der Waals surface area (Å²) in [5.74, 6) is -0.191. The number of nitrogens with zero attached hydrogens (tertiary/aromatic N) is 1. The van der Waals surface area contributed by atoms with Crippen molar-refractivity contribution in [2.45, 2.75) is 12.7 Å². The zero-order valence-electron chi connectivity index (χ0n) is 12.0. The molecule has 0 saturated carbocycles. The summed E-state index contributed by atoms with van der Waals surface area (Å²) in [5, 5.41) is 2.89. The molecule has 21 heavy (non-hydrogen) atoms. The molecular formula is C14H19F3N2O2. The summed E-state index contributed by atoms with van der Waals surface area (Å²) >= 11 is 0. The molecule has 0 radical (unpaired) electrons. The number of nitrogens with one attached hydrogen (secondary N) is 1. The number of methoxy groups -OCH3 is 1. The first kappa shape index (κ1) is 17.5. The molecule has 0 saturated heterocycles. The molecule has 4 nitrogen and oxygen atoms in total. The summed E-state index contributed by atoms with van der Waals surface area (Å²) in [5.41, 5.74) is -0.267. The van der Waals surface area contributed by atoms with E-state index in [1.54, 1.807) is 20.2 Å². The van der Waals surface area contributed by atoms with Gasteiger partial charge in [-0.3, -0.25) is 4.79 Å². The lowest BCUT2D eigenvalue weighted by atomic mass is 10.1. The zero-order chi connectivity index (χ0) is 15.9. The number of ether oxygens (including phenoxy) is 1. The lowest BCUT2D eigenvalue weighted by Gasteiger charge is -2.18. The molecule has 0 bridgehead atoms. The van der Waals surface area contributed by atoms with Crippen LogP contribution in [0.5, 0.6) is 0 Å². The van der Waals surface area contributed by atoms with Gasteiger partial charge in [-0.1, -0.05) is 12.1 Å². The van der Waals surface area contributed by atoms with Gasteiger partial charge in [-0.25, -0.2) is 0 Å². The summed E-state index contributed by atoms with van der Waals surface area (Å²) < 4.78 is 42.6. The molecule has 118 valence electrons. The van der Waals surface area contributed by atoms with Gasteiger partial charge in [0.05, 0.1) is 18.7 Å². The average molecular weight is 304 g/mol. The summed E-state index contributed by atoms with van der Waals surface area (Å²) in [7, 11) is 3.11. The van der Waals surface area contributed by atoms with Crippen LogP contribution in [-0.2, 0) is 22.3 Å².